The Morgan fingerprint density at radius 3 is 2.55 bits per heavy atom. The first-order valence-electron chi connectivity index (χ1n) is 7.83. The molecule has 0 spiro atoms. The number of rotatable bonds is 2. The van der Waals surface area contributed by atoms with E-state index >= 15 is 0 Å². The lowest BCUT2D eigenvalue weighted by Crippen LogP contribution is -2.33. The topological polar surface area (TPSA) is 58.7 Å². The molecule has 1 saturated heterocycles. The van der Waals surface area contributed by atoms with Gasteiger partial charge >= 0.3 is 0 Å². The van der Waals surface area contributed by atoms with Crippen LogP contribution in [0.25, 0.3) is 0 Å². The summed E-state index contributed by atoms with van der Waals surface area (Å²) < 4.78 is 0. The minimum Gasteiger partial charge on any atom is -0.351 e. The van der Waals surface area contributed by atoms with Gasteiger partial charge in [0.2, 0.25) is 5.82 Å². The fourth-order valence-electron chi connectivity index (χ4n) is 2.52. The SMILES string of the molecule is CC.CC1CCN(C2=C(\[N+](=O)[O-])CCCC/C=N\2)CC1. The van der Waals surface area contributed by atoms with Crippen molar-refractivity contribution in [3.8, 4) is 0 Å². The van der Waals surface area contributed by atoms with Crippen LogP contribution in [-0.4, -0.2) is 29.1 Å². The summed E-state index contributed by atoms with van der Waals surface area (Å²) in [6.07, 6.45) is 7.40. The molecule has 0 radical (unpaired) electrons. The van der Waals surface area contributed by atoms with Crippen LogP contribution >= 0.6 is 0 Å². The average molecular weight is 281 g/mol. The van der Waals surface area contributed by atoms with Crippen molar-refractivity contribution in [2.75, 3.05) is 13.1 Å². The number of aliphatic imine (C=N–C) groups is 1. The molecular weight excluding hydrogens is 254 g/mol. The summed E-state index contributed by atoms with van der Waals surface area (Å²) in [4.78, 5) is 17.4. The number of nitrogens with zero attached hydrogens (tertiary/aromatic N) is 3. The van der Waals surface area contributed by atoms with Crippen molar-refractivity contribution < 1.29 is 4.92 Å². The van der Waals surface area contributed by atoms with E-state index in [9.17, 15) is 10.1 Å². The van der Waals surface area contributed by atoms with Crippen molar-refractivity contribution in [1.29, 1.82) is 0 Å². The molecule has 2 aliphatic heterocycles. The van der Waals surface area contributed by atoms with Crippen LogP contribution in [0.2, 0.25) is 0 Å². The molecule has 5 nitrogen and oxygen atoms in total. The van der Waals surface area contributed by atoms with Crippen molar-refractivity contribution >= 4 is 6.21 Å². The Labute approximate surface area is 121 Å². The van der Waals surface area contributed by atoms with E-state index in [4.69, 9.17) is 0 Å². The van der Waals surface area contributed by atoms with Crippen molar-refractivity contribution in [1.82, 2.24) is 4.90 Å². The van der Waals surface area contributed by atoms with Gasteiger partial charge in [0.05, 0.1) is 4.92 Å². The predicted molar refractivity (Wildman–Crippen MR) is 82.3 cm³/mol. The maximum atomic E-state index is 11.2. The minimum atomic E-state index is -0.240. The molecule has 2 aliphatic rings. The van der Waals surface area contributed by atoms with Gasteiger partial charge in [-0.3, -0.25) is 10.1 Å². The molecule has 0 saturated carbocycles. The Bertz CT molecular complexity index is 369. The molecule has 1 fully saturated rings. The summed E-state index contributed by atoms with van der Waals surface area (Å²) >= 11 is 0. The van der Waals surface area contributed by atoms with Gasteiger partial charge in [-0.1, -0.05) is 20.8 Å². The van der Waals surface area contributed by atoms with Gasteiger partial charge in [-0.15, -0.1) is 0 Å². The van der Waals surface area contributed by atoms with Crippen molar-refractivity contribution in [3.05, 3.63) is 21.6 Å². The summed E-state index contributed by atoms with van der Waals surface area (Å²) in [7, 11) is 0. The van der Waals surface area contributed by atoms with E-state index in [0.29, 0.717) is 17.9 Å². The predicted octanol–water partition coefficient (Wildman–Crippen LogP) is 3.84. The molecule has 0 atom stereocenters. The third-order valence-corrected chi connectivity index (χ3v) is 3.77. The number of hydrogen-bond acceptors (Lipinski definition) is 4. The third-order valence-electron chi connectivity index (χ3n) is 3.77. The summed E-state index contributed by atoms with van der Waals surface area (Å²) in [5.74, 6) is 1.34. The molecule has 0 bridgehead atoms. The summed E-state index contributed by atoms with van der Waals surface area (Å²) in [5, 5.41) is 11.2. The molecule has 114 valence electrons. The van der Waals surface area contributed by atoms with Gasteiger partial charge in [-0.25, -0.2) is 4.99 Å². The van der Waals surface area contributed by atoms with Crippen LogP contribution in [0.3, 0.4) is 0 Å². The molecule has 0 amide bonds. The lowest BCUT2D eigenvalue weighted by atomic mass is 9.99. The lowest BCUT2D eigenvalue weighted by Gasteiger charge is -2.31. The van der Waals surface area contributed by atoms with E-state index in [2.05, 4.69) is 16.8 Å². The average Bonchev–Trinajstić information content (AvgIpc) is 2.42. The van der Waals surface area contributed by atoms with E-state index in [0.717, 1.165) is 51.1 Å². The number of likely N-dealkylation sites (tertiary alicyclic amines) is 1. The highest BCUT2D eigenvalue weighted by Gasteiger charge is 2.26. The van der Waals surface area contributed by atoms with Crippen LogP contribution in [0, 0.1) is 16.0 Å². The second-order valence-electron chi connectivity index (χ2n) is 5.25. The Morgan fingerprint density at radius 2 is 1.95 bits per heavy atom. The van der Waals surface area contributed by atoms with Gasteiger partial charge in [-0.05, 0) is 38.0 Å². The fourth-order valence-corrected chi connectivity index (χ4v) is 2.52. The minimum absolute atomic E-state index is 0.240. The Kier molecular flexibility index (Phi) is 7.26. The van der Waals surface area contributed by atoms with Crippen LogP contribution in [0.4, 0.5) is 0 Å². The molecule has 0 aromatic rings. The number of hydrogen-bond donors (Lipinski definition) is 0. The van der Waals surface area contributed by atoms with Gasteiger partial charge < -0.3 is 4.90 Å². The summed E-state index contributed by atoms with van der Waals surface area (Å²) in [6.45, 7) is 8.03. The van der Waals surface area contributed by atoms with Crippen molar-refractivity contribution in [2.45, 2.75) is 59.3 Å². The molecule has 0 unspecified atom stereocenters. The van der Waals surface area contributed by atoms with E-state index in [1.54, 1.807) is 0 Å². The van der Waals surface area contributed by atoms with Gasteiger partial charge in [0.25, 0.3) is 5.70 Å². The standard InChI is InChI=1S/C13H21N3O2.C2H6/c1-11-6-9-15(10-7-11)13-12(16(17)18)5-3-2-4-8-14-13;1-2/h8,11H,2-7,9-10H2,1H3;1-2H3/b13-12-,14-8-;. The highest BCUT2D eigenvalue weighted by atomic mass is 16.6. The first kappa shape index (κ1) is 16.7. The van der Waals surface area contributed by atoms with E-state index < -0.39 is 0 Å². The van der Waals surface area contributed by atoms with Crippen LogP contribution < -0.4 is 0 Å². The molecule has 0 aromatic carbocycles. The third kappa shape index (κ3) is 4.62. The van der Waals surface area contributed by atoms with Crippen LogP contribution in [0.1, 0.15) is 59.3 Å². The first-order chi connectivity index (χ1) is 9.68. The Morgan fingerprint density at radius 1 is 1.30 bits per heavy atom. The first-order valence-corrected chi connectivity index (χ1v) is 7.83. The zero-order valence-corrected chi connectivity index (χ0v) is 13.0. The number of nitro groups is 1. The Balaban J connectivity index is 0.000000956. The molecule has 0 N–H and O–H groups in total. The number of allylic oxidation sites excluding steroid dienone is 1. The monoisotopic (exact) mass is 281 g/mol. The molecule has 2 rings (SSSR count). The number of piperidine rings is 1. The molecule has 0 aliphatic carbocycles. The quantitative estimate of drug-likeness (QED) is 0.571. The molecule has 5 heteroatoms. The summed E-state index contributed by atoms with van der Waals surface area (Å²) in [5.41, 5.74) is 0.306. The fraction of sp³-hybridized carbons (Fsp3) is 0.800. The largest absolute Gasteiger partial charge is 0.351 e. The van der Waals surface area contributed by atoms with Crippen LogP contribution in [0.5, 0.6) is 0 Å². The van der Waals surface area contributed by atoms with Gasteiger partial charge in [0.1, 0.15) is 0 Å². The summed E-state index contributed by atoms with van der Waals surface area (Å²) in [6, 6.07) is 0. The second-order valence-corrected chi connectivity index (χ2v) is 5.25. The van der Waals surface area contributed by atoms with Gasteiger partial charge in [-0.2, -0.15) is 0 Å². The molecule has 2 heterocycles. The van der Waals surface area contributed by atoms with E-state index in [-0.39, 0.29) is 4.92 Å². The van der Waals surface area contributed by atoms with Crippen molar-refractivity contribution in [3.63, 3.8) is 0 Å². The molecule has 20 heavy (non-hydrogen) atoms. The molecular formula is C15H27N3O2. The zero-order valence-electron chi connectivity index (χ0n) is 13.0. The van der Waals surface area contributed by atoms with Crippen LogP contribution in [-0.2, 0) is 0 Å². The molecule has 0 aromatic heterocycles. The van der Waals surface area contributed by atoms with Crippen LogP contribution in [0.15, 0.2) is 16.5 Å². The Hall–Kier alpha value is -1.39. The van der Waals surface area contributed by atoms with Gasteiger partial charge in [0.15, 0.2) is 0 Å². The zero-order chi connectivity index (χ0) is 15.0. The normalized spacial score (nSPS) is 26.1. The van der Waals surface area contributed by atoms with Gasteiger partial charge in [0, 0.05) is 25.7 Å². The maximum absolute atomic E-state index is 11.2. The van der Waals surface area contributed by atoms with Crippen molar-refractivity contribution in [2.24, 2.45) is 10.9 Å². The highest BCUT2D eigenvalue weighted by Crippen LogP contribution is 2.25. The highest BCUT2D eigenvalue weighted by molar-refractivity contribution is 5.59. The van der Waals surface area contributed by atoms with E-state index in [1.807, 2.05) is 20.1 Å². The maximum Gasteiger partial charge on any atom is 0.288 e. The smallest absolute Gasteiger partial charge is 0.288 e. The van der Waals surface area contributed by atoms with E-state index in [1.165, 1.54) is 0 Å². The second kappa shape index (κ2) is 8.72. The lowest BCUT2D eigenvalue weighted by molar-refractivity contribution is -0.430.